The summed E-state index contributed by atoms with van der Waals surface area (Å²) in [5, 5.41) is 4.45. The summed E-state index contributed by atoms with van der Waals surface area (Å²) in [5.41, 5.74) is 8.65. The normalized spacial score (nSPS) is 13.1. The quantitative estimate of drug-likeness (QED) is 0.168. The lowest BCUT2D eigenvalue weighted by molar-refractivity contribution is 0.670. The van der Waals surface area contributed by atoms with Crippen LogP contribution in [0.15, 0.2) is 211 Å². The number of benzene rings is 9. The molecule has 13 rings (SSSR count). The molecule has 9 aromatic carbocycles. The fourth-order valence-corrected chi connectivity index (χ4v) is 10.1. The minimum absolute atomic E-state index is 0.0249. The van der Waals surface area contributed by atoms with E-state index in [2.05, 4.69) is 42.5 Å². The van der Waals surface area contributed by atoms with Crippen molar-refractivity contribution < 1.29 is 12.6 Å². The summed E-state index contributed by atoms with van der Waals surface area (Å²) in [6.45, 7) is 0. The molecule has 0 spiro atoms. The van der Waals surface area contributed by atoms with Crippen LogP contribution in [0.3, 0.4) is 0 Å². The van der Waals surface area contributed by atoms with Crippen LogP contribution in [0.1, 0.15) is 8.22 Å². The number of nitrogens with zero attached hydrogens (tertiary/aromatic N) is 4. The molecule has 0 saturated heterocycles. The van der Waals surface area contributed by atoms with Gasteiger partial charge < -0.3 is 8.98 Å². The Labute approximate surface area is 374 Å². The Morgan fingerprint density at radius 1 is 0.429 bits per heavy atom. The highest BCUT2D eigenvalue weighted by atomic mass is 32.1. The van der Waals surface area contributed by atoms with Gasteiger partial charge in [-0.15, -0.1) is 11.3 Å². The highest BCUT2D eigenvalue weighted by Gasteiger charge is 2.21. The van der Waals surface area contributed by atoms with Gasteiger partial charge in [0, 0.05) is 69.5 Å². The van der Waals surface area contributed by atoms with Gasteiger partial charge in [-0.1, -0.05) is 164 Å². The van der Waals surface area contributed by atoms with E-state index < -0.39 is 0 Å². The first-order valence-electron chi connectivity index (χ1n) is 23.6. The van der Waals surface area contributed by atoms with Gasteiger partial charge in [0.25, 0.3) is 0 Å². The Balaban J connectivity index is 1.05. The van der Waals surface area contributed by atoms with Gasteiger partial charge in [-0.3, -0.25) is 0 Å². The van der Waals surface area contributed by atoms with Crippen molar-refractivity contribution in [3.05, 3.63) is 206 Å². The van der Waals surface area contributed by atoms with Crippen LogP contribution < -0.4 is 0 Å². The molecule has 0 bridgehead atoms. The molecule has 0 aliphatic rings. The molecule has 0 aliphatic carbocycles. The van der Waals surface area contributed by atoms with Crippen molar-refractivity contribution in [2.75, 3.05) is 0 Å². The summed E-state index contributed by atoms with van der Waals surface area (Å²) < 4.78 is 64.5. The SMILES string of the molecule is [2H]c1cc([2H])c2c(c1[2H])c1c([2H])c([2H])cc([2H])c1n2-c1ccc(-c2cccc3sc4cc(-c5nc(-c6ccccc6)nc(-c6ccccc6)n5)ccc4c23)cc1-c1cccc2c1oc1ccccc12. The molecule has 63 heavy (non-hydrogen) atoms. The van der Waals surface area contributed by atoms with E-state index >= 15 is 0 Å². The van der Waals surface area contributed by atoms with Crippen LogP contribution in [0.4, 0.5) is 0 Å². The van der Waals surface area contributed by atoms with Gasteiger partial charge in [0.15, 0.2) is 17.5 Å². The molecular formula is C57H34N4OS. The maximum Gasteiger partial charge on any atom is 0.164 e. The number of furan rings is 1. The first-order chi connectivity index (χ1) is 33.7. The molecular weight excluding hydrogens is 789 g/mol. The van der Waals surface area contributed by atoms with Crippen LogP contribution in [0, 0.1) is 0 Å². The molecule has 0 atom stereocenters. The summed E-state index contributed by atoms with van der Waals surface area (Å²) in [6, 6.07) is 54.7. The molecule has 294 valence electrons. The number of para-hydroxylation sites is 4. The highest BCUT2D eigenvalue weighted by Crippen LogP contribution is 2.45. The molecule has 0 saturated carbocycles. The Morgan fingerprint density at radius 3 is 1.78 bits per heavy atom. The second kappa shape index (κ2) is 14.2. The second-order valence-electron chi connectivity index (χ2n) is 15.4. The van der Waals surface area contributed by atoms with Crippen molar-refractivity contribution in [2.45, 2.75) is 0 Å². The van der Waals surface area contributed by atoms with E-state index in [0.717, 1.165) is 75.5 Å². The predicted molar refractivity (Wildman–Crippen MR) is 262 cm³/mol. The topological polar surface area (TPSA) is 56.7 Å². The number of thiophene rings is 1. The Hall–Kier alpha value is -8.19. The standard InChI is InChI=1S/C57H34N4OS/c1-3-15-35(16-4-1)55-58-56(36-17-5-2-6-18-36)60-57(59-55)38-29-31-45-52(34-38)63-51-28-14-22-39(53(45)51)37-30-32-49(61-47-25-10-7-19-40(47)41-20-8-11-26-48(41)61)46(33-37)44-24-13-23-43-42-21-9-12-27-50(42)62-54(43)44/h1-34H/i7D,8D,19D,20D,25D,26D. The molecule has 0 aliphatic heterocycles. The fraction of sp³-hybridized carbons (Fsp3) is 0. The second-order valence-corrected chi connectivity index (χ2v) is 16.5. The summed E-state index contributed by atoms with van der Waals surface area (Å²) >= 11 is 1.70. The molecule has 13 aromatic rings. The van der Waals surface area contributed by atoms with E-state index in [4.69, 9.17) is 24.9 Å². The van der Waals surface area contributed by atoms with E-state index in [0.29, 0.717) is 28.7 Å². The van der Waals surface area contributed by atoms with Crippen molar-refractivity contribution in [3.8, 4) is 62.1 Å². The molecule has 4 aromatic heterocycles. The predicted octanol–water partition coefficient (Wildman–Crippen LogP) is 15.6. The van der Waals surface area contributed by atoms with Gasteiger partial charge in [-0.05, 0) is 53.5 Å². The van der Waals surface area contributed by atoms with Gasteiger partial charge in [-0.25, -0.2) is 15.0 Å². The van der Waals surface area contributed by atoms with Crippen molar-refractivity contribution in [3.63, 3.8) is 0 Å². The smallest absolute Gasteiger partial charge is 0.164 e. The van der Waals surface area contributed by atoms with Gasteiger partial charge in [0.2, 0.25) is 0 Å². The lowest BCUT2D eigenvalue weighted by atomic mass is 9.93. The van der Waals surface area contributed by atoms with Gasteiger partial charge in [-0.2, -0.15) is 0 Å². The molecule has 4 heterocycles. The fourth-order valence-electron chi connectivity index (χ4n) is 8.97. The zero-order valence-corrected chi connectivity index (χ0v) is 34.1. The monoisotopic (exact) mass is 828 g/mol. The summed E-state index contributed by atoms with van der Waals surface area (Å²) in [4.78, 5) is 14.9. The van der Waals surface area contributed by atoms with Crippen molar-refractivity contribution in [1.82, 2.24) is 19.5 Å². The summed E-state index contributed by atoms with van der Waals surface area (Å²) in [7, 11) is 0. The van der Waals surface area contributed by atoms with Gasteiger partial charge >= 0.3 is 0 Å². The highest BCUT2D eigenvalue weighted by molar-refractivity contribution is 7.26. The zero-order valence-electron chi connectivity index (χ0n) is 39.3. The maximum atomic E-state index is 9.27. The van der Waals surface area contributed by atoms with Gasteiger partial charge in [0.05, 0.1) is 24.9 Å². The minimum atomic E-state index is -0.166. The molecule has 5 nitrogen and oxygen atoms in total. The van der Waals surface area contributed by atoms with Crippen LogP contribution in [-0.2, 0) is 0 Å². The molecule has 0 N–H and O–H groups in total. The first kappa shape index (κ1) is 29.9. The van der Waals surface area contributed by atoms with Crippen molar-refractivity contribution >= 4 is 75.3 Å². The van der Waals surface area contributed by atoms with Crippen molar-refractivity contribution in [2.24, 2.45) is 0 Å². The number of rotatable bonds is 6. The number of hydrogen-bond acceptors (Lipinski definition) is 5. The average molecular weight is 829 g/mol. The third-order valence-electron chi connectivity index (χ3n) is 11.8. The molecule has 0 amide bonds. The van der Waals surface area contributed by atoms with E-state index in [1.807, 2.05) is 115 Å². The Bertz CT molecular complexity index is 4150. The molecule has 0 fully saturated rings. The van der Waals surface area contributed by atoms with E-state index in [9.17, 15) is 2.74 Å². The first-order valence-corrected chi connectivity index (χ1v) is 21.4. The molecule has 0 unspecified atom stereocenters. The number of fused-ring (bicyclic) bond motifs is 9. The number of hydrogen-bond donors (Lipinski definition) is 0. The largest absolute Gasteiger partial charge is 0.455 e. The van der Waals surface area contributed by atoms with Crippen molar-refractivity contribution in [1.29, 1.82) is 0 Å². The Morgan fingerprint density at radius 2 is 1.05 bits per heavy atom. The third kappa shape index (κ3) is 5.73. The third-order valence-corrected chi connectivity index (χ3v) is 12.9. The maximum absolute atomic E-state index is 9.27. The van der Waals surface area contributed by atoms with E-state index in [1.165, 1.54) is 12.1 Å². The molecule has 6 heteroatoms. The average Bonchev–Trinajstić information content (AvgIpc) is 4.08. The lowest BCUT2D eigenvalue weighted by Gasteiger charge is -2.17. The van der Waals surface area contributed by atoms with Crippen LogP contribution >= 0.6 is 11.3 Å². The van der Waals surface area contributed by atoms with E-state index in [-0.39, 0.29) is 58.1 Å². The Kier molecular flexibility index (Phi) is 6.75. The summed E-state index contributed by atoms with van der Waals surface area (Å²) in [6.07, 6.45) is 0. The van der Waals surface area contributed by atoms with Crippen LogP contribution in [0.2, 0.25) is 0 Å². The lowest BCUT2D eigenvalue weighted by Crippen LogP contribution is -2.00. The van der Waals surface area contributed by atoms with Crippen LogP contribution in [-0.4, -0.2) is 19.5 Å². The number of aromatic nitrogens is 4. The van der Waals surface area contributed by atoms with Crippen LogP contribution in [0.25, 0.3) is 126 Å². The minimum Gasteiger partial charge on any atom is -0.455 e. The zero-order chi connectivity index (χ0) is 46.7. The summed E-state index contributed by atoms with van der Waals surface area (Å²) in [5.74, 6) is 1.77. The molecule has 0 radical (unpaired) electrons. The van der Waals surface area contributed by atoms with E-state index in [1.54, 1.807) is 15.9 Å². The van der Waals surface area contributed by atoms with Gasteiger partial charge in [0.1, 0.15) is 11.2 Å². The van der Waals surface area contributed by atoms with Crippen LogP contribution in [0.5, 0.6) is 0 Å².